The highest BCUT2D eigenvalue weighted by Crippen LogP contribution is 2.37. The second-order valence-corrected chi connectivity index (χ2v) is 6.42. The number of rotatable bonds is 5. The average molecular weight is 306 g/mol. The Kier molecular flexibility index (Phi) is 4.18. The molecule has 0 atom stereocenters. The number of furan rings is 1. The van der Waals surface area contributed by atoms with Crippen molar-refractivity contribution in [2.75, 3.05) is 0 Å². The molecule has 1 heterocycles. The van der Waals surface area contributed by atoms with Crippen LogP contribution in [0.5, 0.6) is 0 Å². The van der Waals surface area contributed by atoms with E-state index in [2.05, 4.69) is 6.92 Å². The molecule has 6 heteroatoms. The van der Waals surface area contributed by atoms with Crippen LogP contribution in [0, 0.1) is 16.0 Å². The van der Waals surface area contributed by atoms with E-state index < -0.39 is 4.92 Å². The summed E-state index contributed by atoms with van der Waals surface area (Å²) >= 11 is 0. The van der Waals surface area contributed by atoms with Gasteiger partial charge in [0.25, 0.3) is 5.91 Å². The lowest BCUT2D eigenvalue weighted by atomic mass is 9.84. The van der Waals surface area contributed by atoms with Gasteiger partial charge in [-0.1, -0.05) is 13.3 Å². The van der Waals surface area contributed by atoms with Gasteiger partial charge in [-0.05, 0) is 50.5 Å². The van der Waals surface area contributed by atoms with E-state index >= 15 is 0 Å². The first-order valence-corrected chi connectivity index (χ1v) is 8.17. The van der Waals surface area contributed by atoms with Crippen LogP contribution >= 0.6 is 0 Å². The van der Waals surface area contributed by atoms with Gasteiger partial charge in [0.1, 0.15) is 4.92 Å². The third kappa shape index (κ3) is 3.00. The summed E-state index contributed by atoms with van der Waals surface area (Å²) in [5.74, 6) is 0.317. The Hall–Kier alpha value is -1.85. The molecule has 0 radical (unpaired) electrons. The molecular formula is C16H22N2O4. The molecule has 2 saturated carbocycles. The van der Waals surface area contributed by atoms with E-state index in [4.69, 9.17) is 4.42 Å². The van der Waals surface area contributed by atoms with Crippen LogP contribution in [0.1, 0.15) is 62.4 Å². The minimum absolute atomic E-state index is 0.0937. The van der Waals surface area contributed by atoms with Gasteiger partial charge in [-0.2, -0.15) is 0 Å². The molecule has 0 bridgehead atoms. The van der Waals surface area contributed by atoms with Crippen molar-refractivity contribution in [1.82, 2.24) is 4.90 Å². The van der Waals surface area contributed by atoms with Crippen LogP contribution in [0.2, 0.25) is 0 Å². The van der Waals surface area contributed by atoms with Gasteiger partial charge < -0.3 is 9.32 Å². The molecule has 0 spiro atoms. The van der Waals surface area contributed by atoms with Crippen LogP contribution in [0.15, 0.2) is 16.5 Å². The second kappa shape index (κ2) is 6.10. The molecule has 2 fully saturated rings. The molecule has 2 aliphatic carbocycles. The number of hydrogen-bond acceptors (Lipinski definition) is 4. The summed E-state index contributed by atoms with van der Waals surface area (Å²) in [5.41, 5.74) is 0. The van der Waals surface area contributed by atoms with Gasteiger partial charge in [0.05, 0.1) is 6.07 Å². The minimum Gasteiger partial charge on any atom is -0.395 e. The molecule has 2 aliphatic rings. The predicted molar refractivity (Wildman–Crippen MR) is 80.6 cm³/mol. The molecule has 0 saturated heterocycles. The minimum atomic E-state index is -0.606. The number of hydrogen-bond donors (Lipinski definition) is 0. The van der Waals surface area contributed by atoms with E-state index in [0.29, 0.717) is 6.04 Å². The Labute approximate surface area is 129 Å². The van der Waals surface area contributed by atoms with Crippen molar-refractivity contribution in [2.45, 2.75) is 64.0 Å². The van der Waals surface area contributed by atoms with Gasteiger partial charge in [-0.3, -0.25) is 14.9 Å². The van der Waals surface area contributed by atoms with Gasteiger partial charge in [0.2, 0.25) is 0 Å². The van der Waals surface area contributed by atoms with Crippen molar-refractivity contribution >= 4 is 11.8 Å². The highest BCUT2D eigenvalue weighted by Gasteiger charge is 2.40. The number of carbonyl (C=O) groups excluding carboxylic acids is 1. The molecular weight excluding hydrogens is 284 g/mol. The van der Waals surface area contributed by atoms with E-state index in [1.807, 2.05) is 4.90 Å². The lowest BCUT2D eigenvalue weighted by Crippen LogP contribution is -2.43. The van der Waals surface area contributed by atoms with E-state index in [9.17, 15) is 14.9 Å². The Bertz CT molecular complexity index is 556. The SMILES string of the molecule is CCC1CCC(N(C(=O)c2ccc([N+](=O)[O-])o2)C2CC2)CC1. The zero-order valence-electron chi connectivity index (χ0n) is 12.9. The number of amides is 1. The van der Waals surface area contributed by atoms with Gasteiger partial charge in [0, 0.05) is 12.1 Å². The zero-order valence-corrected chi connectivity index (χ0v) is 12.9. The maximum absolute atomic E-state index is 12.7. The van der Waals surface area contributed by atoms with Crippen LogP contribution in [0.25, 0.3) is 0 Å². The zero-order chi connectivity index (χ0) is 15.7. The average Bonchev–Trinajstić information content (AvgIpc) is 3.22. The molecule has 22 heavy (non-hydrogen) atoms. The van der Waals surface area contributed by atoms with E-state index in [-0.39, 0.29) is 23.6 Å². The maximum atomic E-state index is 12.7. The standard InChI is InChI=1S/C16H22N2O4/c1-2-11-3-5-12(6-4-11)17(13-7-8-13)16(19)14-9-10-15(22-14)18(20)21/h9-13H,2-8H2,1H3. The third-order valence-electron chi connectivity index (χ3n) is 4.94. The normalized spacial score (nSPS) is 25.0. The van der Waals surface area contributed by atoms with Crippen LogP contribution < -0.4 is 0 Å². The fourth-order valence-electron chi connectivity index (χ4n) is 3.48. The predicted octanol–water partition coefficient (Wildman–Crippen LogP) is 3.76. The molecule has 6 nitrogen and oxygen atoms in total. The number of carbonyl (C=O) groups is 1. The lowest BCUT2D eigenvalue weighted by molar-refractivity contribution is -0.402. The molecule has 0 unspecified atom stereocenters. The summed E-state index contributed by atoms with van der Waals surface area (Å²) < 4.78 is 5.11. The Morgan fingerprint density at radius 3 is 2.27 bits per heavy atom. The van der Waals surface area contributed by atoms with E-state index in [1.54, 1.807) is 0 Å². The van der Waals surface area contributed by atoms with Crippen LogP contribution in [0.3, 0.4) is 0 Å². The fourth-order valence-corrected chi connectivity index (χ4v) is 3.48. The van der Waals surface area contributed by atoms with Gasteiger partial charge >= 0.3 is 5.88 Å². The lowest BCUT2D eigenvalue weighted by Gasteiger charge is -2.36. The van der Waals surface area contributed by atoms with Crippen molar-refractivity contribution in [3.63, 3.8) is 0 Å². The molecule has 1 amide bonds. The van der Waals surface area contributed by atoms with Gasteiger partial charge in [0.15, 0.2) is 5.76 Å². The molecule has 0 aromatic carbocycles. The summed E-state index contributed by atoms with van der Waals surface area (Å²) in [6.45, 7) is 2.22. The summed E-state index contributed by atoms with van der Waals surface area (Å²) in [6, 6.07) is 3.23. The summed E-state index contributed by atoms with van der Waals surface area (Å²) in [6.07, 6.45) is 7.65. The van der Waals surface area contributed by atoms with Crippen molar-refractivity contribution in [2.24, 2.45) is 5.92 Å². The summed E-state index contributed by atoms with van der Waals surface area (Å²) in [7, 11) is 0. The molecule has 0 aliphatic heterocycles. The van der Waals surface area contributed by atoms with Crippen molar-refractivity contribution < 1.29 is 14.1 Å². The van der Waals surface area contributed by atoms with E-state index in [1.165, 1.54) is 18.6 Å². The largest absolute Gasteiger partial charge is 0.433 e. The molecule has 3 rings (SSSR count). The first-order chi connectivity index (χ1) is 10.6. The van der Waals surface area contributed by atoms with Crippen molar-refractivity contribution in [3.8, 4) is 0 Å². The Morgan fingerprint density at radius 1 is 1.23 bits per heavy atom. The first-order valence-electron chi connectivity index (χ1n) is 8.17. The molecule has 1 aromatic heterocycles. The van der Waals surface area contributed by atoms with Crippen LogP contribution in [-0.2, 0) is 0 Å². The van der Waals surface area contributed by atoms with Crippen molar-refractivity contribution in [1.29, 1.82) is 0 Å². The second-order valence-electron chi connectivity index (χ2n) is 6.42. The molecule has 1 aromatic rings. The van der Waals surface area contributed by atoms with Gasteiger partial charge in [-0.15, -0.1) is 0 Å². The Morgan fingerprint density at radius 2 is 1.82 bits per heavy atom. The third-order valence-corrected chi connectivity index (χ3v) is 4.94. The number of nitro groups is 1. The smallest absolute Gasteiger partial charge is 0.395 e. The summed E-state index contributed by atoms with van der Waals surface area (Å²) in [5, 5.41) is 10.7. The van der Waals surface area contributed by atoms with Crippen LogP contribution in [-0.4, -0.2) is 27.8 Å². The topological polar surface area (TPSA) is 76.6 Å². The highest BCUT2D eigenvalue weighted by atomic mass is 16.6. The number of nitrogens with zero attached hydrogens (tertiary/aromatic N) is 2. The fraction of sp³-hybridized carbons (Fsp3) is 0.688. The quantitative estimate of drug-likeness (QED) is 0.613. The monoisotopic (exact) mass is 306 g/mol. The first kappa shape index (κ1) is 15.1. The highest BCUT2D eigenvalue weighted by molar-refractivity contribution is 5.92. The van der Waals surface area contributed by atoms with E-state index in [0.717, 1.165) is 44.4 Å². The van der Waals surface area contributed by atoms with Crippen molar-refractivity contribution in [3.05, 3.63) is 28.0 Å². The van der Waals surface area contributed by atoms with Crippen LogP contribution in [0.4, 0.5) is 5.88 Å². The maximum Gasteiger partial charge on any atom is 0.433 e. The molecule has 0 N–H and O–H groups in total. The molecule has 120 valence electrons. The Balaban J connectivity index is 1.73. The van der Waals surface area contributed by atoms with Gasteiger partial charge in [-0.25, -0.2) is 0 Å². The summed E-state index contributed by atoms with van der Waals surface area (Å²) in [4.78, 5) is 24.8.